The van der Waals surface area contributed by atoms with Crippen LogP contribution in [-0.4, -0.2) is 4.98 Å². The van der Waals surface area contributed by atoms with E-state index in [0.717, 1.165) is 12.1 Å². The van der Waals surface area contributed by atoms with Crippen molar-refractivity contribution in [2.24, 2.45) is 0 Å². The molecule has 2 aromatic rings. The Bertz CT molecular complexity index is 576. The van der Waals surface area contributed by atoms with E-state index < -0.39 is 11.6 Å². The molecule has 0 atom stereocenters. The number of aromatic nitrogens is 1. The van der Waals surface area contributed by atoms with E-state index in [1.165, 1.54) is 24.4 Å². The van der Waals surface area contributed by atoms with Crippen molar-refractivity contribution in [1.82, 2.24) is 4.98 Å². The second-order valence-electron chi connectivity index (χ2n) is 3.17. The van der Waals surface area contributed by atoms with Gasteiger partial charge in [-0.1, -0.05) is 0 Å². The highest BCUT2D eigenvalue weighted by molar-refractivity contribution is 5.33. The Morgan fingerprint density at radius 1 is 1.18 bits per heavy atom. The van der Waals surface area contributed by atoms with Crippen molar-refractivity contribution in [1.29, 1.82) is 5.26 Å². The van der Waals surface area contributed by atoms with Gasteiger partial charge in [0, 0.05) is 6.07 Å². The minimum Gasteiger partial charge on any atom is -0.453 e. The molecule has 84 valence electrons. The Kier molecular flexibility index (Phi) is 2.97. The number of halogens is 2. The van der Waals surface area contributed by atoms with E-state index in [9.17, 15) is 8.78 Å². The second-order valence-corrected chi connectivity index (χ2v) is 3.17. The lowest BCUT2D eigenvalue weighted by atomic mass is 10.3. The summed E-state index contributed by atoms with van der Waals surface area (Å²) in [6, 6.07) is 7.77. The molecule has 17 heavy (non-hydrogen) atoms. The van der Waals surface area contributed by atoms with Crippen molar-refractivity contribution in [3.63, 3.8) is 0 Å². The van der Waals surface area contributed by atoms with Crippen LogP contribution in [0.25, 0.3) is 0 Å². The van der Waals surface area contributed by atoms with Crippen LogP contribution in [0.2, 0.25) is 0 Å². The van der Waals surface area contributed by atoms with Crippen LogP contribution < -0.4 is 4.74 Å². The minimum atomic E-state index is -0.797. The molecule has 0 radical (unpaired) electrons. The average molecular weight is 232 g/mol. The summed E-state index contributed by atoms with van der Waals surface area (Å²) in [6.45, 7) is 0. The third-order valence-electron chi connectivity index (χ3n) is 1.97. The summed E-state index contributed by atoms with van der Waals surface area (Å²) in [5, 5.41) is 8.54. The molecular weight excluding hydrogens is 226 g/mol. The van der Waals surface area contributed by atoms with Crippen molar-refractivity contribution < 1.29 is 13.5 Å². The number of nitriles is 1. The number of hydrogen-bond acceptors (Lipinski definition) is 3. The summed E-state index contributed by atoms with van der Waals surface area (Å²) in [5.74, 6) is -1.30. The van der Waals surface area contributed by atoms with Crippen LogP contribution in [0.3, 0.4) is 0 Å². The molecule has 0 saturated heterocycles. The first kappa shape index (κ1) is 11.0. The fraction of sp³-hybridized carbons (Fsp3) is 0. The third-order valence-corrected chi connectivity index (χ3v) is 1.97. The summed E-state index contributed by atoms with van der Waals surface area (Å²) in [7, 11) is 0. The maximum atomic E-state index is 13.2. The molecule has 3 nitrogen and oxygen atoms in total. The molecule has 0 unspecified atom stereocenters. The molecule has 1 aromatic heterocycles. The summed E-state index contributed by atoms with van der Waals surface area (Å²) in [6.07, 6.45) is 1.29. The number of nitrogens with zero attached hydrogens (tertiary/aromatic N) is 2. The number of benzene rings is 1. The first-order valence-electron chi connectivity index (χ1n) is 4.68. The molecule has 0 aliphatic heterocycles. The molecule has 0 amide bonds. The van der Waals surface area contributed by atoms with Crippen LogP contribution in [-0.2, 0) is 0 Å². The highest BCUT2D eigenvalue weighted by Gasteiger charge is 2.06. The highest BCUT2D eigenvalue weighted by atomic mass is 19.1. The van der Waals surface area contributed by atoms with Gasteiger partial charge in [0.1, 0.15) is 23.3 Å². The lowest BCUT2D eigenvalue weighted by Gasteiger charge is -2.05. The lowest BCUT2D eigenvalue weighted by Crippen LogP contribution is -1.90. The zero-order valence-electron chi connectivity index (χ0n) is 8.52. The summed E-state index contributed by atoms with van der Waals surface area (Å²) in [5.41, 5.74) is 0.233. The number of hydrogen-bond donors (Lipinski definition) is 0. The molecule has 2 rings (SSSR count). The Balaban J connectivity index is 2.23. The van der Waals surface area contributed by atoms with Crippen molar-refractivity contribution in [2.45, 2.75) is 0 Å². The van der Waals surface area contributed by atoms with Crippen LogP contribution in [0.15, 0.2) is 36.5 Å². The van der Waals surface area contributed by atoms with E-state index in [0.29, 0.717) is 0 Å². The Labute approximate surface area is 95.9 Å². The largest absolute Gasteiger partial charge is 0.453 e. The van der Waals surface area contributed by atoms with Gasteiger partial charge >= 0.3 is 0 Å². The molecule has 0 bridgehead atoms. The van der Waals surface area contributed by atoms with Gasteiger partial charge in [-0.15, -0.1) is 0 Å². The second kappa shape index (κ2) is 4.58. The van der Waals surface area contributed by atoms with Gasteiger partial charge in [-0.3, -0.25) is 0 Å². The van der Waals surface area contributed by atoms with Gasteiger partial charge in [-0.2, -0.15) is 5.26 Å². The lowest BCUT2D eigenvalue weighted by molar-refractivity contribution is 0.436. The molecule has 1 heterocycles. The van der Waals surface area contributed by atoms with E-state index in [1.807, 2.05) is 6.07 Å². The van der Waals surface area contributed by atoms with Gasteiger partial charge in [-0.25, -0.2) is 13.8 Å². The van der Waals surface area contributed by atoms with Gasteiger partial charge < -0.3 is 4.74 Å². The Hall–Kier alpha value is -2.48. The van der Waals surface area contributed by atoms with E-state index in [1.54, 1.807) is 0 Å². The van der Waals surface area contributed by atoms with Crippen molar-refractivity contribution >= 4 is 0 Å². The van der Waals surface area contributed by atoms with Crippen molar-refractivity contribution in [2.75, 3.05) is 0 Å². The molecule has 0 saturated carbocycles. The first-order valence-corrected chi connectivity index (χ1v) is 4.68. The van der Waals surface area contributed by atoms with E-state index >= 15 is 0 Å². The van der Waals surface area contributed by atoms with Gasteiger partial charge in [0.25, 0.3) is 0 Å². The first-order chi connectivity index (χ1) is 8.19. The smallest absolute Gasteiger partial charge is 0.168 e. The van der Waals surface area contributed by atoms with Crippen LogP contribution >= 0.6 is 0 Å². The van der Waals surface area contributed by atoms with Gasteiger partial charge in [0.15, 0.2) is 11.6 Å². The summed E-state index contributed by atoms with van der Waals surface area (Å²) < 4.78 is 31.0. The molecule has 0 fully saturated rings. The molecular formula is C12H6F2N2O. The summed E-state index contributed by atoms with van der Waals surface area (Å²) >= 11 is 0. The maximum Gasteiger partial charge on any atom is 0.168 e. The number of rotatable bonds is 2. The monoisotopic (exact) mass is 232 g/mol. The molecule has 0 aliphatic rings. The van der Waals surface area contributed by atoms with Crippen LogP contribution in [0.4, 0.5) is 8.78 Å². The average Bonchev–Trinajstić information content (AvgIpc) is 2.34. The molecule has 5 heteroatoms. The van der Waals surface area contributed by atoms with E-state index in [2.05, 4.69) is 4.98 Å². The fourth-order valence-corrected chi connectivity index (χ4v) is 1.19. The SMILES string of the molecule is N#Cc1ccc(Oc2ccc(F)cc2F)cn1. The molecule has 1 aromatic carbocycles. The summed E-state index contributed by atoms with van der Waals surface area (Å²) in [4.78, 5) is 3.76. The molecule has 0 N–H and O–H groups in total. The van der Waals surface area contributed by atoms with Crippen LogP contribution in [0, 0.1) is 23.0 Å². The Morgan fingerprint density at radius 2 is 2.00 bits per heavy atom. The number of ether oxygens (including phenoxy) is 1. The fourth-order valence-electron chi connectivity index (χ4n) is 1.19. The van der Waals surface area contributed by atoms with Crippen molar-refractivity contribution in [3.8, 4) is 17.6 Å². The van der Waals surface area contributed by atoms with E-state index in [4.69, 9.17) is 10.00 Å². The molecule has 0 spiro atoms. The minimum absolute atomic E-state index is 0.0992. The molecule has 0 aliphatic carbocycles. The maximum absolute atomic E-state index is 13.2. The third kappa shape index (κ3) is 2.55. The zero-order valence-corrected chi connectivity index (χ0v) is 8.52. The normalized spacial score (nSPS) is 9.71. The quantitative estimate of drug-likeness (QED) is 0.799. The standard InChI is InChI=1S/C12H6F2N2O/c13-8-1-4-12(11(14)5-8)17-10-3-2-9(6-15)16-7-10/h1-5,7H. The van der Waals surface area contributed by atoms with Crippen molar-refractivity contribution in [3.05, 3.63) is 53.9 Å². The van der Waals surface area contributed by atoms with E-state index in [-0.39, 0.29) is 17.2 Å². The zero-order chi connectivity index (χ0) is 12.3. The van der Waals surface area contributed by atoms with Gasteiger partial charge in [0.2, 0.25) is 0 Å². The van der Waals surface area contributed by atoms with Gasteiger partial charge in [0.05, 0.1) is 6.20 Å². The topological polar surface area (TPSA) is 45.9 Å². The van der Waals surface area contributed by atoms with Crippen LogP contribution in [0.1, 0.15) is 5.69 Å². The predicted octanol–water partition coefficient (Wildman–Crippen LogP) is 3.02. The Morgan fingerprint density at radius 3 is 2.59 bits per heavy atom. The van der Waals surface area contributed by atoms with Gasteiger partial charge in [-0.05, 0) is 24.3 Å². The predicted molar refractivity (Wildman–Crippen MR) is 55.4 cm³/mol. The van der Waals surface area contributed by atoms with Crippen LogP contribution in [0.5, 0.6) is 11.5 Å². The highest BCUT2D eigenvalue weighted by Crippen LogP contribution is 2.24. The number of pyridine rings is 1.